The second kappa shape index (κ2) is 5.99. The Morgan fingerprint density at radius 2 is 2.00 bits per heavy atom. The Bertz CT molecular complexity index is 267. The smallest absolute Gasteiger partial charge is 0.312 e. The van der Waals surface area contributed by atoms with E-state index >= 15 is 0 Å². The molecule has 1 atom stereocenters. The van der Waals surface area contributed by atoms with Gasteiger partial charge in [0.2, 0.25) is 0 Å². The van der Waals surface area contributed by atoms with Gasteiger partial charge >= 0.3 is 5.97 Å². The van der Waals surface area contributed by atoms with Crippen LogP contribution >= 0.6 is 0 Å². The first-order valence-electron chi connectivity index (χ1n) is 4.26. The molecule has 0 aromatic rings. The van der Waals surface area contributed by atoms with Crippen molar-refractivity contribution < 1.29 is 14.7 Å². The Balaban J connectivity index is 4.23. The van der Waals surface area contributed by atoms with Gasteiger partial charge in [0.15, 0.2) is 0 Å². The molecular formula is C8H13N3O3. The van der Waals surface area contributed by atoms with E-state index in [1.165, 1.54) is 0 Å². The Kier molecular flexibility index (Phi) is 5.33. The molecule has 0 saturated carbocycles. The van der Waals surface area contributed by atoms with Gasteiger partial charge in [0, 0.05) is 17.8 Å². The number of nitrogens with zero attached hydrogens (tertiary/aromatic N) is 3. The summed E-state index contributed by atoms with van der Waals surface area (Å²) in [7, 11) is 0. The largest absolute Gasteiger partial charge is 0.481 e. The summed E-state index contributed by atoms with van der Waals surface area (Å²) in [5.74, 6) is -1.28. The lowest BCUT2D eigenvalue weighted by Gasteiger charge is -2.06. The molecule has 0 aliphatic rings. The molecule has 0 rings (SSSR count). The summed E-state index contributed by atoms with van der Waals surface area (Å²) in [5.41, 5.74) is 8.06. The molecule has 6 nitrogen and oxygen atoms in total. The molecule has 78 valence electrons. The zero-order valence-electron chi connectivity index (χ0n) is 8.17. The molecule has 0 aliphatic heterocycles. The third kappa shape index (κ3) is 5.16. The van der Waals surface area contributed by atoms with Crippen LogP contribution in [0.1, 0.15) is 26.7 Å². The van der Waals surface area contributed by atoms with Crippen LogP contribution in [0.25, 0.3) is 10.4 Å². The molecule has 1 unspecified atom stereocenters. The molecule has 0 spiro atoms. The first kappa shape index (κ1) is 12.4. The number of Topliss-reactive ketones (excluding diaryl/α,β-unsaturated/α-hetero) is 1. The quantitative estimate of drug-likeness (QED) is 0.400. The maximum Gasteiger partial charge on any atom is 0.312 e. The summed E-state index contributed by atoms with van der Waals surface area (Å²) in [4.78, 5) is 24.1. The van der Waals surface area contributed by atoms with Gasteiger partial charge in [-0.2, -0.15) is 0 Å². The average Bonchev–Trinajstić information content (AvgIpc) is 2.01. The fourth-order valence-electron chi connectivity index (χ4n) is 0.994. The Labute approximate surface area is 81.5 Å². The van der Waals surface area contributed by atoms with E-state index in [0.717, 1.165) is 0 Å². The summed E-state index contributed by atoms with van der Waals surface area (Å²) in [6.45, 7) is 3.72. The number of carbonyl (C=O) groups excluding carboxylic acids is 1. The van der Waals surface area contributed by atoms with Crippen LogP contribution in [0.15, 0.2) is 5.11 Å². The first-order valence-corrected chi connectivity index (χ1v) is 4.26. The van der Waals surface area contributed by atoms with Crippen molar-refractivity contribution in [3.63, 3.8) is 0 Å². The van der Waals surface area contributed by atoms with Crippen molar-refractivity contribution in [2.75, 3.05) is 0 Å². The maximum absolute atomic E-state index is 11.2. The highest BCUT2D eigenvalue weighted by molar-refractivity contribution is 5.85. The second-order valence-corrected chi connectivity index (χ2v) is 3.40. The number of carboxylic acid groups (broad SMARTS) is 1. The number of aliphatic carboxylic acids is 1. The van der Waals surface area contributed by atoms with Crippen LogP contribution in [0.3, 0.4) is 0 Å². The molecule has 0 aliphatic carbocycles. The van der Waals surface area contributed by atoms with Crippen LogP contribution in [-0.4, -0.2) is 22.9 Å². The highest BCUT2D eigenvalue weighted by Crippen LogP contribution is 2.07. The summed E-state index contributed by atoms with van der Waals surface area (Å²) in [5, 5.41) is 11.6. The molecule has 0 heterocycles. The van der Waals surface area contributed by atoms with E-state index in [2.05, 4.69) is 10.0 Å². The van der Waals surface area contributed by atoms with Gasteiger partial charge in [0.05, 0.1) is 0 Å². The maximum atomic E-state index is 11.2. The zero-order chi connectivity index (χ0) is 11.1. The molecule has 0 amide bonds. The number of ketones is 1. The van der Waals surface area contributed by atoms with Crippen LogP contribution in [-0.2, 0) is 9.59 Å². The van der Waals surface area contributed by atoms with Crippen LogP contribution < -0.4 is 0 Å². The van der Waals surface area contributed by atoms with Gasteiger partial charge in [-0.05, 0) is 11.4 Å². The Morgan fingerprint density at radius 1 is 1.43 bits per heavy atom. The van der Waals surface area contributed by atoms with E-state index in [9.17, 15) is 9.59 Å². The van der Waals surface area contributed by atoms with Crippen molar-refractivity contribution in [2.45, 2.75) is 32.7 Å². The lowest BCUT2D eigenvalue weighted by Crippen LogP contribution is -2.21. The number of carbonyl (C=O) groups is 2. The minimum atomic E-state index is -1.27. The number of carboxylic acids is 1. The van der Waals surface area contributed by atoms with E-state index in [-0.39, 0.29) is 18.1 Å². The van der Waals surface area contributed by atoms with E-state index < -0.39 is 12.0 Å². The average molecular weight is 199 g/mol. The molecule has 1 N–H and O–H groups in total. The third-order valence-corrected chi connectivity index (χ3v) is 1.53. The number of azide groups is 1. The summed E-state index contributed by atoms with van der Waals surface area (Å²) in [6, 6.07) is -1.27. The molecule has 0 aromatic carbocycles. The van der Waals surface area contributed by atoms with Gasteiger partial charge in [-0.15, -0.1) is 0 Å². The van der Waals surface area contributed by atoms with Crippen molar-refractivity contribution >= 4 is 11.8 Å². The van der Waals surface area contributed by atoms with Crippen LogP contribution in [0.4, 0.5) is 0 Å². The Hall–Kier alpha value is -1.55. The number of rotatable bonds is 6. The van der Waals surface area contributed by atoms with Gasteiger partial charge in [0.25, 0.3) is 0 Å². The summed E-state index contributed by atoms with van der Waals surface area (Å²) >= 11 is 0. The van der Waals surface area contributed by atoms with Gasteiger partial charge in [-0.1, -0.05) is 19.0 Å². The predicted molar refractivity (Wildman–Crippen MR) is 49.6 cm³/mol. The number of hydrogen-bond donors (Lipinski definition) is 1. The molecular weight excluding hydrogens is 186 g/mol. The second-order valence-electron chi connectivity index (χ2n) is 3.40. The normalized spacial score (nSPS) is 11.9. The third-order valence-electron chi connectivity index (χ3n) is 1.53. The lowest BCUT2D eigenvalue weighted by molar-refractivity contribution is -0.140. The van der Waals surface area contributed by atoms with Gasteiger partial charge < -0.3 is 5.11 Å². The van der Waals surface area contributed by atoms with Crippen LogP contribution in [0.5, 0.6) is 0 Å². The summed E-state index contributed by atoms with van der Waals surface area (Å²) < 4.78 is 0. The lowest BCUT2D eigenvalue weighted by atomic mass is 10.0. The monoisotopic (exact) mass is 199 g/mol. The molecule has 6 heteroatoms. The fourth-order valence-corrected chi connectivity index (χ4v) is 0.994. The molecule has 0 bridgehead atoms. The van der Waals surface area contributed by atoms with E-state index in [1.54, 1.807) is 0 Å². The first-order chi connectivity index (χ1) is 6.47. The molecule has 14 heavy (non-hydrogen) atoms. The van der Waals surface area contributed by atoms with Crippen LogP contribution in [0.2, 0.25) is 0 Å². The number of hydrogen-bond acceptors (Lipinski definition) is 3. The zero-order valence-corrected chi connectivity index (χ0v) is 8.17. The Morgan fingerprint density at radius 3 is 2.36 bits per heavy atom. The van der Waals surface area contributed by atoms with E-state index in [4.69, 9.17) is 10.6 Å². The van der Waals surface area contributed by atoms with E-state index in [0.29, 0.717) is 6.42 Å². The van der Waals surface area contributed by atoms with Gasteiger partial charge in [-0.3, -0.25) is 9.59 Å². The minimum Gasteiger partial charge on any atom is -0.481 e. The topological polar surface area (TPSA) is 103 Å². The summed E-state index contributed by atoms with van der Waals surface area (Å²) in [6.07, 6.45) is 0.0856. The highest BCUT2D eigenvalue weighted by atomic mass is 16.4. The highest BCUT2D eigenvalue weighted by Gasteiger charge is 2.19. The van der Waals surface area contributed by atoms with Crippen molar-refractivity contribution in [1.82, 2.24) is 0 Å². The van der Waals surface area contributed by atoms with Crippen molar-refractivity contribution in [3.05, 3.63) is 10.4 Å². The predicted octanol–water partition coefficient (Wildman–Crippen LogP) is 1.76. The van der Waals surface area contributed by atoms with Crippen molar-refractivity contribution in [2.24, 2.45) is 11.0 Å². The molecule has 0 radical (unpaired) electrons. The van der Waals surface area contributed by atoms with Crippen molar-refractivity contribution in [1.29, 1.82) is 0 Å². The fraction of sp³-hybridized carbons (Fsp3) is 0.750. The molecule has 0 saturated heterocycles. The van der Waals surface area contributed by atoms with E-state index in [1.807, 2.05) is 13.8 Å². The molecule has 0 fully saturated rings. The minimum absolute atomic E-state index is 0.183. The van der Waals surface area contributed by atoms with Gasteiger partial charge in [-0.25, -0.2) is 0 Å². The molecule has 0 aromatic heterocycles. The van der Waals surface area contributed by atoms with Gasteiger partial charge in [0.1, 0.15) is 11.8 Å². The van der Waals surface area contributed by atoms with Crippen molar-refractivity contribution in [3.8, 4) is 0 Å². The SMILES string of the molecule is CC(C)CC(=O)CC(N=[N+]=[N-])C(=O)O. The standard InChI is InChI=1S/C8H13N3O3/c1-5(2)3-6(12)4-7(8(13)14)10-11-9/h5,7H,3-4H2,1-2H3,(H,13,14). The van der Waals surface area contributed by atoms with Crippen LogP contribution in [0, 0.1) is 5.92 Å².